The molecule has 1 aromatic heterocycles. The van der Waals surface area contributed by atoms with Gasteiger partial charge in [0.05, 0.1) is 6.04 Å². The molecule has 1 aliphatic rings. The number of carbonyl (C=O) groups excluding carboxylic acids is 1. The summed E-state index contributed by atoms with van der Waals surface area (Å²) in [5, 5.41) is 11.8. The van der Waals surface area contributed by atoms with E-state index in [-0.39, 0.29) is 11.8 Å². The number of nitrogens with one attached hydrogen (secondary N) is 3. The molecule has 1 amide bonds. The lowest BCUT2D eigenvalue weighted by Gasteiger charge is -2.36. The van der Waals surface area contributed by atoms with Crippen molar-refractivity contribution in [1.29, 1.82) is 0 Å². The second-order valence-corrected chi connectivity index (χ2v) is 8.55. The van der Waals surface area contributed by atoms with Gasteiger partial charge in [-0.15, -0.1) is 11.3 Å². The monoisotopic (exact) mass is 393 g/mol. The van der Waals surface area contributed by atoms with Crippen LogP contribution in [0.25, 0.3) is 0 Å². The minimum atomic E-state index is 0.0150. The van der Waals surface area contributed by atoms with Crippen LogP contribution in [0.2, 0.25) is 0 Å². The van der Waals surface area contributed by atoms with Crippen LogP contribution in [0, 0.1) is 11.8 Å². The van der Waals surface area contributed by atoms with Gasteiger partial charge in [0.1, 0.15) is 0 Å². The van der Waals surface area contributed by atoms with E-state index in [0.717, 1.165) is 31.5 Å². The molecule has 0 saturated carbocycles. The maximum Gasteiger partial charge on any atom is 0.222 e. The van der Waals surface area contributed by atoms with Crippen molar-refractivity contribution in [2.24, 2.45) is 16.8 Å². The Morgan fingerprint density at radius 3 is 2.56 bits per heavy atom. The first-order valence-electron chi connectivity index (χ1n) is 10.0. The van der Waals surface area contributed by atoms with Crippen LogP contribution in [0.15, 0.2) is 22.5 Å². The van der Waals surface area contributed by atoms with Crippen LogP contribution in [0.5, 0.6) is 0 Å². The first-order valence-corrected chi connectivity index (χ1v) is 10.9. The Hall–Kier alpha value is -1.60. The van der Waals surface area contributed by atoms with E-state index in [0.29, 0.717) is 19.1 Å². The summed E-state index contributed by atoms with van der Waals surface area (Å²) in [5.41, 5.74) is 0. The van der Waals surface area contributed by atoms with Crippen LogP contribution in [-0.4, -0.2) is 56.5 Å². The highest BCUT2D eigenvalue weighted by Gasteiger charge is 2.25. The molecular formula is C20H35N5OS. The lowest BCUT2D eigenvalue weighted by atomic mass is 9.97. The van der Waals surface area contributed by atoms with Crippen LogP contribution in [0.1, 0.15) is 44.5 Å². The van der Waals surface area contributed by atoms with Gasteiger partial charge in [-0.2, -0.15) is 0 Å². The number of rotatable bonds is 8. The summed E-state index contributed by atoms with van der Waals surface area (Å²) in [6.45, 7) is 10.5. The first kappa shape index (κ1) is 21.7. The largest absolute Gasteiger partial charge is 0.355 e. The van der Waals surface area contributed by atoms with Crippen LogP contribution in [0.3, 0.4) is 0 Å². The Labute approximate surface area is 167 Å². The number of piperidine rings is 1. The zero-order valence-electron chi connectivity index (χ0n) is 17.1. The summed E-state index contributed by atoms with van der Waals surface area (Å²) in [6.07, 6.45) is 2.54. The first-order chi connectivity index (χ1) is 13.0. The third-order valence-electron chi connectivity index (χ3n) is 5.06. The maximum absolute atomic E-state index is 11.6. The number of thiophene rings is 1. The highest BCUT2D eigenvalue weighted by molar-refractivity contribution is 7.10. The fourth-order valence-electron chi connectivity index (χ4n) is 3.22. The molecule has 0 radical (unpaired) electrons. The van der Waals surface area contributed by atoms with Crippen molar-refractivity contribution in [3.05, 3.63) is 22.4 Å². The van der Waals surface area contributed by atoms with Crippen molar-refractivity contribution in [2.75, 3.05) is 39.8 Å². The summed E-state index contributed by atoms with van der Waals surface area (Å²) in [7, 11) is 1.78. The minimum absolute atomic E-state index is 0.0150. The molecule has 2 rings (SSSR count). The van der Waals surface area contributed by atoms with Crippen LogP contribution < -0.4 is 16.0 Å². The lowest BCUT2D eigenvalue weighted by Crippen LogP contribution is -2.46. The Morgan fingerprint density at radius 1 is 1.26 bits per heavy atom. The highest BCUT2D eigenvalue weighted by atomic mass is 32.1. The van der Waals surface area contributed by atoms with Gasteiger partial charge in [-0.25, -0.2) is 0 Å². The van der Waals surface area contributed by atoms with Crippen LogP contribution >= 0.6 is 11.3 Å². The average molecular weight is 394 g/mol. The zero-order chi connectivity index (χ0) is 19.6. The third-order valence-corrected chi connectivity index (χ3v) is 6.03. The predicted octanol–water partition coefficient (Wildman–Crippen LogP) is 2.46. The van der Waals surface area contributed by atoms with E-state index in [1.165, 1.54) is 17.7 Å². The minimum Gasteiger partial charge on any atom is -0.355 e. The average Bonchev–Trinajstić information content (AvgIpc) is 3.19. The summed E-state index contributed by atoms with van der Waals surface area (Å²) in [4.78, 5) is 19.9. The number of carbonyl (C=O) groups is 1. The molecular weight excluding hydrogens is 358 g/mol. The molecule has 27 heavy (non-hydrogen) atoms. The normalized spacial score (nSPS) is 17.7. The molecule has 7 heteroatoms. The molecule has 1 saturated heterocycles. The van der Waals surface area contributed by atoms with Gasteiger partial charge < -0.3 is 16.0 Å². The van der Waals surface area contributed by atoms with Crippen molar-refractivity contribution < 1.29 is 4.79 Å². The molecule has 0 spiro atoms. The van der Waals surface area contributed by atoms with Crippen molar-refractivity contribution in [1.82, 2.24) is 20.9 Å². The second kappa shape index (κ2) is 11.3. The number of likely N-dealkylation sites (tertiary alicyclic amines) is 1. The molecule has 1 aromatic rings. The highest BCUT2D eigenvalue weighted by Crippen LogP contribution is 2.28. The number of amides is 1. The van der Waals surface area contributed by atoms with Crippen LogP contribution in [-0.2, 0) is 4.79 Å². The molecule has 152 valence electrons. The molecule has 2 heterocycles. The summed E-state index contributed by atoms with van der Waals surface area (Å²) in [5.74, 6) is 1.70. The fraction of sp³-hybridized carbons (Fsp3) is 0.700. The third kappa shape index (κ3) is 7.14. The van der Waals surface area contributed by atoms with E-state index >= 15 is 0 Å². The van der Waals surface area contributed by atoms with E-state index in [4.69, 9.17) is 0 Å². The van der Waals surface area contributed by atoms with Gasteiger partial charge in [0.25, 0.3) is 0 Å². The molecule has 3 N–H and O–H groups in total. The molecule has 0 aromatic carbocycles. The van der Waals surface area contributed by atoms with Gasteiger partial charge >= 0.3 is 0 Å². The molecule has 1 unspecified atom stereocenters. The van der Waals surface area contributed by atoms with E-state index < -0.39 is 0 Å². The van der Waals surface area contributed by atoms with Gasteiger partial charge in [0, 0.05) is 37.5 Å². The topological polar surface area (TPSA) is 68.8 Å². The summed E-state index contributed by atoms with van der Waals surface area (Å²) >= 11 is 1.82. The lowest BCUT2D eigenvalue weighted by molar-refractivity contribution is -0.123. The number of nitrogens with zero attached hydrogens (tertiary/aromatic N) is 2. The number of aliphatic imine (C=N–C) groups is 1. The summed E-state index contributed by atoms with van der Waals surface area (Å²) in [6, 6.07) is 4.73. The van der Waals surface area contributed by atoms with E-state index in [1.807, 2.05) is 25.2 Å². The fourth-order valence-corrected chi connectivity index (χ4v) is 4.08. The summed E-state index contributed by atoms with van der Waals surface area (Å²) < 4.78 is 0. The van der Waals surface area contributed by atoms with E-state index in [1.54, 1.807) is 7.05 Å². The molecule has 1 atom stereocenters. The zero-order valence-corrected chi connectivity index (χ0v) is 17.9. The SMILES string of the molecule is CN=C(NCCNC(=O)C(C)C)NCC(c1cccs1)N1CCC(C)CC1. The van der Waals surface area contributed by atoms with E-state index in [9.17, 15) is 4.79 Å². The van der Waals surface area contributed by atoms with Gasteiger partial charge in [0.2, 0.25) is 5.91 Å². The van der Waals surface area contributed by atoms with Gasteiger partial charge in [0.15, 0.2) is 5.96 Å². The number of hydrogen-bond acceptors (Lipinski definition) is 4. The molecule has 0 aliphatic carbocycles. The Bertz CT molecular complexity index is 579. The van der Waals surface area contributed by atoms with Crippen LogP contribution in [0.4, 0.5) is 0 Å². The van der Waals surface area contributed by atoms with Crippen molar-refractivity contribution in [2.45, 2.75) is 39.7 Å². The van der Waals surface area contributed by atoms with E-state index in [2.05, 4.69) is 50.3 Å². The number of guanidine groups is 1. The quantitative estimate of drug-likeness (QED) is 0.361. The molecule has 1 fully saturated rings. The molecule has 0 bridgehead atoms. The molecule has 6 nitrogen and oxygen atoms in total. The van der Waals surface area contributed by atoms with Crippen molar-refractivity contribution in [3.8, 4) is 0 Å². The molecule has 1 aliphatic heterocycles. The smallest absolute Gasteiger partial charge is 0.222 e. The standard InChI is InChI=1S/C20H35N5OS/c1-15(2)19(26)22-9-10-23-20(21-4)24-14-17(18-6-5-13-27-18)25-11-7-16(3)8-12-25/h5-6,13,15-17H,7-12,14H2,1-4H3,(H,22,26)(H2,21,23,24). The van der Waals surface area contributed by atoms with Crippen molar-refractivity contribution in [3.63, 3.8) is 0 Å². The second-order valence-electron chi connectivity index (χ2n) is 7.58. The Morgan fingerprint density at radius 2 is 1.96 bits per heavy atom. The van der Waals surface area contributed by atoms with Gasteiger partial charge in [-0.1, -0.05) is 26.8 Å². The maximum atomic E-state index is 11.6. The predicted molar refractivity (Wildman–Crippen MR) is 114 cm³/mol. The number of hydrogen-bond donors (Lipinski definition) is 3. The van der Waals surface area contributed by atoms with Crippen molar-refractivity contribution >= 4 is 23.2 Å². The Balaban J connectivity index is 1.83. The van der Waals surface area contributed by atoms with Gasteiger partial charge in [-0.05, 0) is 43.3 Å². The van der Waals surface area contributed by atoms with Gasteiger partial charge in [-0.3, -0.25) is 14.7 Å². The Kier molecular flexibility index (Phi) is 9.07.